The second-order valence-corrected chi connectivity index (χ2v) is 3.85. The lowest BCUT2D eigenvalue weighted by molar-refractivity contribution is -0.103. The van der Waals surface area contributed by atoms with E-state index in [4.69, 9.17) is 11.5 Å². The van der Waals surface area contributed by atoms with Crippen molar-refractivity contribution in [2.45, 2.75) is 11.8 Å². The highest BCUT2D eigenvalue weighted by molar-refractivity contribution is 5.81. The lowest BCUT2D eigenvalue weighted by atomic mass is 9.91. The number of guanidine groups is 1. The monoisotopic (exact) mass is 256 g/mol. The molecule has 0 fully saturated rings. The molecule has 2 rings (SSSR count). The third kappa shape index (κ3) is 2.04. The van der Waals surface area contributed by atoms with E-state index in [1.54, 1.807) is 18.2 Å². The molecule has 1 unspecified atom stereocenters. The van der Waals surface area contributed by atoms with Crippen LogP contribution in [0.25, 0.3) is 0 Å². The zero-order valence-electron chi connectivity index (χ0n) is 9.20. The second kappa shape index (κ2) is 4.02. The quantitative estimate of drug-likeness (QED) is 0.705. The summed E-state index contributed by atoms with van der Waals surface area (Å²) in [4.78, 5) is 3.42. The Labute approximate surface area is 101 Å². The molecule has 7 heteroatoms. The molecule has 0 amide bonds. The maximum absolute atomic E-state index is 13.0. The summed E-state index contributed by atoms with van der Waals surface area (Å²) in [7, 11) is 0. The van der Waals surface area contributed by atoms with Gasteiger partial charge in [-0.2, -0.15) is 13.2 Å². The van der Waals surface area contributed by atoms with Crippen molar-refractivity contribution in [3.8, 4) is 0 Å². The number of nitrogens with one attached hydrogen (secondary N) is 1. The Morgan fingerprint density at radius 3 is 2.33 bits per heavy atom. The number of hydrogen-bond donors (Lipinski definition) is 3. The summed E-state index contributed by atoms with van der Waals surface area (Å²) in [5.41, 5.74) is 8.58. The van der Waals surface area contributed by atoms with Gasteiger partial charge in [0.1, 0.15) is 5.66 Å². The third-order valence-electron chi connectivity index (χ3n) is 2.62. The lowest BCUT2D eigenvalue weighted by Gasteiger charge is -2.36. The van der Waals surface area contributed by atoms with Crippen molar-refractivity contribution < 1.29 is 13.2 Å². The van der Waals surface area contributed by atoms with E-state index in [1.807, 2.05) is 0 Å². The predicted octanol–water partition coefficient (Wildman–Crippen LogP) is 1.16. The van der Waals surface area contributed by atoms with E-state index in [9.17, 15) is 13.2 Å². The summed E-state index contributed by atoms with van der Waals surface area (Å²) in [5.74, 6) is -0.158. The van der Waals surface area contributed by atoms with Crippen LogP contribution in [0.3, 0.4) is 0 Å². The standard InChI is InChI=1S/C11H11F3N4/c12-11(13,14)8-6-17-9(15)18-10(8,16)7-4-2-1-3-5-7/h1-6H,16H2,(H3,15,17,18). The molecule has 18 heavy (non-hydrogen) atoms. The minimum Gasteiger partial charge on any atom is -0.370 e. The number of halogens is 3. The maximum Gasteiger partial charge on any atom is 0.418 e. The van der Waals surface area contributed by atoms with Crippen LogP contribution in [0, 0.1) is 0 Å². The van der Waals surface area contributed by atoms with Gasteiger partial charge in [0, 0.05) is 6.20 Å². The van der Waals surface area contributed by atoms with E-state index in [0.29, 0.717) is 6.20 Å². The SMILES string of the molecule is NC1=NC=C(C(F)(F)F)C(N)(c2ccccc2)N1. The molecule has 4 nitrogen and oxygen atoms in total. The van der Waals surface area contributed by atoms with Crippen molar-refractivity contribution in [1.82, 2.24) is 5.32 Å². The summed E-state index contributed by atoms with van der Waals surface area (Å²) in [6, 6.07) is 7.86. The van der Waals surface area contributed by atoms with E-state index in [-0.39, 0.29) is 11.5 Å². The Balaban J connectivity index is 2.55. The first-order valence-electron chi connectivity index (χ1n) is 5.08. The molecule has 0 spiro atoms. The van der Waals surface area contributed by atoms with Crippen molar-refractivity contribution in [3.63, 3.8) is 0 Å². The van der Waals surface area contributed by atoms with Crippen LogP contribution in [0.2, 0.25) is 0 Å². The molecular weight excluding hydrogens is 245 g/mol. The summed E-state index contributed by atoms with van der Waals surface area (Å²) >= 11 is 0. The van der Waals surface area contributed by atoms with Crippen LogP contribution in [0.15, 0.2) is 47.1 Å². The molecule has 1 heterocycles. The molecule has 96 valence electrons. The Morgan fingerprint density at radius 2 is 1.78 bits per heavy atom. The molecule has 1 aromatic rings. The number of nitrogens with zero attached hydrogens (tertiary/aromatic N) is 1. The Kier molecular flexibility index (Phi) is 2.78. The van der Waals surface area contributed by atoms with Crippen LogP contribution in [-0.2, 0) is 5.66 Å². The third-order valence-corrected chi connectivity index (χ3v) is 2.62. The van der Waals surface area contributed by atoms with Crippen LogP contribution >= 0.6 is 0 Å². The van der Waals surface area contributed by atoms with Gasteiger partial charge in [-0.25, -0.2) is 4.99 Å². The first-order valence-corrected chi connectivity index (χ1v) is 5.08. The normalized spacial score (nSPS) is 24.0. The van der Waals surface area contributed by atoms with Gasteiger partial charge >= 0.3 is 6.18 Å². The van der Waals surface area contributed by atoms with Gasteiger partial charge in [0.15, 0.2) is 5.96 Å². The summed E-state index contributed by atoms with van der Waals surface area (Å²) in [6.07, 6.45) is -3.94. The van der Waals surface area contributed by atoms with Gasteiger partial charge in [-0.15, -0.1) is 0 Å². The Bertz CT molecular complexity index is 507. The van der Waals surface area contributed by atoms with Gasteiger partial charge in [-0.1, -0.05) is 30.3 Å². The van der Waals surface area contributed by atoms with Gasteiger partial charge in [-0.3, -0.25) is 0 Å². The minimum atomic E-state index is -4.60. The summed E-state index contributed by atoms with van der Waals surface area (Å²) in [5, 5.41) is 2.38. The van der Waals surface area contributed by atoms with E-state index in [0.717, 1.165) is 0 Å². The summed E-state index contributed by atoms with van der Waals surface area (Å²) in [6.45, 7) is 0. The molecule has 0 radical (unpaired) electrons. The van der Waals surface area contributed by atoms with E-state index >= 15 is 0 Å². The number of hydrogen-bond acceptors (Lipinski definition) is 4. The fraction of sp³-hybridized carbons (Fsp3) is 0.182. The molecule has 1 aromatic carbocycles. The van der Waals surface area contributed by atoms with Crippen molar-refractivity contribution >= 4 is 5.96 Å². The zero-order valence-corrected chi connectivity index (χ0v) is 9.20. The first-order chi connectivity index (χ1) is 8.34. The molecule has 1 aliphatic heterocycles. The lowest BCUT2D eigenvalue weighted by Crippen LogP contribution is -2.60. The van der Waals surface area contributed by atoms with Crippen LogP contribution in [-0.4, -0.2) is 12.1 Å². The second-order valence-electron chi connectivity index (χ2n) is 3.85. The van der Waals surface area contributed by atoms with E-state index in [1.165, 1.54) is 12.1 Å². The highest BCUT2D eigenvalue weighted by Crippen LogP contribution is 2.38. The largest absolute Gasteiger partial charge is 0.418 e. The van der Waals surface area contributed by atoms with Crippen molar-refractivity contribution in [2.24, 2.45) is 16.5 Å². The molecular formula is C11H11F3N4. The molecule has 1 atom stereocenters. The van der Waals surface area contributed by atoms with Crippen LogP contribution in [0.1, 0.15) is 5.56 Å². The first kappa shape index (κ1) is 12.4. The predicted molar refractivity (Wildman–Crippen MR) is 61.2 cm³/mol. The van der Waals surface area contributed by atoms with Crippen molar-refractivity contribution in [1.29, 1.82) is 0 Å². The molecule has 1 aliphatic rings. The van der Waals surface area contributed by atoms with Crippen LogP contribution in [0.5, 0.6) is 0 Å². The maximum atomic E-state index is 13.0. The topological polar surface area (TPSA) is 76.4 Å². The van der Waals surface area contributed by atoms with E-state index in [2.05, 4.69) is 10.3 Å². The van der Waals surface area contributed by atoms with Gasteiger partial charge in [0.05, 0.1) is 5.57 Å². The van der Waals surface area contributed by atoms with Crippen LogP contribution in [0.4, 0.5) is 13.2 Å². The van der Waals surface area contributed by atoms with Crippen molar-refractivity contribution in [2.75, 3.05) is 0 Å². The van der Waals surface area contributed by atoms with Crippen LogP contribution < -0.4 is 16.8 Å². The van der Waals surface area contributed by atoms with Gasteiger partial charge in [-0.05, 0) is 5.56 Å². The molecule has 0 saturated carbocycles. The van der Waals surface area contributed by atoms with Crippen molar-refractivity contribution in [3.05, 3.63) is 47.7 Å². The Morgan fingerprint density at radius 1 is 1.17 bits per heavy atom. The fourth-order valence-electron chi connectivity index (χ4n) is 1.76. The summed E-state index contributed by atoms with van der Waals surface area (Å²) < 4.78 is 38.9. The fourth-order valence-corrected chi connectivity index (χ4v) is 1.76. The number of rotatable bonds is 1. The molecule has 5 N–H and O–H groups in total. The van der Waals surface area contributed by atoms with Gasteiger partial charge in [0.25, 0.3) is 0 Å². The Hall–Kier alpha value is -2.02. The number of alkyl halides is 3. The minimum absolute atomic E-state index is 0.158. The average Bonchev–Trinajstić information content (AvgIpc) is 2.28. The number of benzene rings is 1. The molecule has 0 bridgehead atoms. The molecule has 0 aromatic heterocycles. The smallest absolute Gasteiger partial charge is 0.370 e. The highest BCUT2D eigenvalue weighted by Gasteiger charge is 2.49. The zero-order chi connectivity index (χ0) is 13.4. The number of nitrogens with two attached hydrogens (primary N) is 2. The van der Waals surface area contributed by atoms with Gasteiger partial charge in [0.2, 0.25) is 0 Å². The average molecular weight is 256 g/mol. The van der Waals surface area contributed by atoms with E-state index < -0.39 is 17.4 Å². The molecule has 0 saturated heterocycles. The highest BCUT2D eigenvalue weighted by atomic mass is 19.4. The number of aliphatic imine (C=N–C) groups is 1. The molecule has 0 aliphatic carbocycles. The van der Waals surface area contributed by atoms with Gasteiger partial charge < -0.3 is 16.8 Å².